The van der Waals surface area contributed by atoms with E-state index in [0.717, 1.165) is 32.1 Å². The summed E-state index contributed by atoms with van der Waals surface area (Å²) in [5.74, 6) is 0.0823. The van der Waals surface area contributed by atoms with Crippen LogP contribution >= 0.6 is 12.4 Å². The molecule has 0 heterocycles. The first kappa shape index (κ1) is 13.1. The molecule has 4 saturated carbocycles. The predicted molar refractivity (Wildman–Crippen MR) is 64.9 cm³/mol. The third-order valence-corrected chi connectivity index (χ3v) is 5.00. The van der Waals surface area contributed by atoms with Crippen molar-refractivity contribution in [1.29, 1.82) is 0 Å². The van der Waals surface area contributed by atoms with Crippen LogP contribution in [0.4, 0.5) is 0 Å². The van der Waals surface area contributed by atoms with E-state index in [-0.39, 0.29) is 17.8 Å². The van der Waals surface area contributed by atoms with Crippen molar-refractivity contribution < 1.29 is 15.0 Å². The van der Waals surface area contributed by atoms with Crippen molar-refractivity contribution in [2.45, 2.75) is 50.2 Å². The first-order chi connectivity index (χ1) is 7.42. The van der Waals surface area contributed by atoms with Gasteiger partial charge >= 0.3 is 5.97 Å². The van der Waals surface area contributed by atoms with Gasteiger partial charge in [-0.05, 0) is 55.8 Å². The average molecular weight is 262 g/mol. The molecule has 0 aliphatic heterocycles. The largest absolute Gasteiger partial charge is 0.480 e. The molecule has 4 nitrogen and oxygen atoms in total. The van der Waals surface area contributed by atoms with Crippen LogP contribution in [0.3, 0.4) is 0 Å². The average Bonchev–Trinajstić information content (AvgIpc) is 2.12. The summed E-state index contributed by atoms with van der Waals surface area (Å²) in [5.41, 5.74) is 4.92. The lowest BCUT2D eigenvalue weighted by Gasteiger charge is -2.61. The van der Waals surface area contributed by atoms with Gasteiger partial charge in [0.25, 0.3) is 0 Å². The summed E-state index contributed by atoms with van der Waals surface area (Å²) in [6.07, 6.45) is 5.28. The van der Waals surface area contributed by atoms with E-state index < -0.39 is 17.6 Å². The molecular formula is C12H20ClNO3. The van der Waals surface area contributed by atoms with Crippen LogP contribution in [0, 0.1) is 17.3 Å². The van der Waals surface area contributed by atoms with E-state index in [1.807, 2.05) is 0 Å². The topological polar surface area (TPSA) is 83.6 Å². The number of carboxylic acid groups (broad SMARTS) is 1. The number of hydrogen-bond acceptors (Lipinski definition) is 3. The molecule has 4 bridgehead atoms. The van der Waals surface area contributed by atoms with Gasteiger partial charge in [0, 0.05) is 0 Å². The summed E-state index contributed by atoms with van der Waals surface area (Å²) in [7, 11) is 0. The van der Waals surface area contributed by atoms with Crippen molar-refractivity contribution in [3.8, 4) is 0 Å². The van der Waals surface area contributed by atoms with E-state index in [2.05, 4.69) is 0 Å². The van der Waals surface area contributed by atoms with E-state index >= 15 is 0 Å². The van der Waals surface area contributed by atoms with E-state index in [1.54, 1.807) is 0 Å². The number of rotatable bonds is 2. The minimum Gasteiger partial charge on any atom is -0.480 e. The molecule has 0 spiro atoms. The molecule has 4 fully saturated rings. The van der Waals surface area contributed by atoms with Gasteiger partial charge in [0.1, 0.15) is 6.04 Å². The van der Waals surface area contributed by atoms with Gasteiger partial charge in [-0.15, -0.1) is 12.4 Å². The minimum atomic E-state index is -0.912. The van der Waals surface area contributed by atoms with Gasteiger partial charge in [-0.2, -0.15) is 0 Å². The Balaban J connectivity index is 0.00000108. The fourth-order valence-corrected chi connectivity index (χ4v) is 4.91. The molecule has 4 N–H and O–H groups in total. The molecular weight excluding hydrogens is 242 g/mol. The second-order valence-corrected chi connectivity index (χ2v) is 6.36. The van der Waals surface area contributed by atoms with Crippen LogP contribution < -0.4 is 5.73 Å². The van der Waals surface area contributed by atoms with Crippen LogP contribution in [0.25, 0.3) is 0 Å². The number of aliphatic hydroxyl groups is 1. The fourth-order valence-electron chi connectivity index (χ4n) is 4.91. The van der Waals surface area contributed by atoms with Crippen LogP contribution in [-0.2, 0) is 4.79 Å². The molecule has 4 rings (SSSR count). The van der Waals surface area contributed by atoms with Crippen LogP contribution in [0.1, 0.15) is 38.5 Å². The summed E-state index contributed by atoms with van der Waals surface area (Å²) < 4.78 is 0. The highest BCUT2D eigenvalue weighted by atomic mass is 35.5. The third-order valence-electron chi connectivity index (χ3n) is 5.00. The van der Waals surface area contributed by atoms with E-state index in [9.17, 15) is 9.90 Å². The Bertz CT molecular complexity index is 333. The molecule has 0 amide bonds. The standard InChI is InChI=1S/C12H19NO3.ClH/c13-9(10(14)15)11-2-7-1-8(3-11)5-12(16,4-7)6-11;/h7-9,16H,1-6,13H2,(H,14,15);1H. The van der Waals surface area contributed by atoms with E-state index in [4.69, 9.17) is 10.8 Å². The third kappa shape index (κ3) is 1.86. The van der Waals surface area contributed by atoms with Crippen LogP contribution in [0.2, 0.25) is 0 Å². The van der Waals surface area contributed by atoms with Crippen molar-refractivity contribution in [3.05, 3.63) is 0 Å². The molecule has 3 unspecified atom stereocenters. The lowest BCUT2D eigenvalue weighted by atomic mass is 9.46. The molecule has 0 aromatic carbocycles. The zero-order valence-electron chi connectivity index (χ0n) is 9.76. The first-order valence-electron chi connectivity index (χ1n) is 6.13. The zero-order valence-corrected chi connectivity index (χ0v) is 10.6. The van der Waals surface area contributed by atoms with Gasteiger partial charge in [-0.1, -0.05) is 0 Å². The number of halogens is 1. The highest BCUT2D eigenvalue weighted by Crippen LogP contribution is 2.62. The highest BCUT2D eigenvalue weighted by Gasteiger charge is 2.60. The van der Waals surface area contributed by atoms with Crippen molar-refractivity contribution in [2.75, 3.05) is 0 Å². The Hall–Kier alpha value is -0.320. The van der Waals surface area contributed by atoms with Crippen LogP contribution in [0.15, 0.2) is 0 Å². The summed E-state index contributed by atoms with van der Waals surface area (Å²) in [6.45, 7) is 0. The highest BCUT2D eigenvalue weighted by molar-refractivity contribution is 5.85. The molecule has 4 aliphatic carbocycles. The van der Waals surface area contributed by atoms with E-state index in [1.165, 1.54) is 0 Å². The zero-order chi connectivity index (χ0) is 11.6. The number of nitrogens with two attached hydrogens (primary N) is 1. The minimum absolute atomic E-state index is 0. The van der Waals surface area contributed by atoms with Crippen molar-refractivity contribution in [3.63, 3.8) is 0 Å². The monoisotopic (exact) mass is 261 g/mol. The molecule has 3 atom stereocenters. The second kappa shape index (κ2) is 3.84. The van der Waals surface area contributed by atoms with Gasteiger partial charge < -0.3 is 15.9 Å². The molecule has 0 saturated heterocycles. The molecule has 0 aromatic heterocycles. The number of carboxylic acids is 1. The Morgan fingerprint density at radius 3 is 2.18 bits per heavy atom. The Morgan fingerprint density at radius 2 is 1.76 bits per heavy atom. The smallest absolute Gasteiger partial charge is 0.321 e. The van der Waals surface area contributed by atoms with Gasteiger partial charge in [-0.25, -0.2) is 0 Å². The van der Waals surface area contributed by atoms with Gasteiger partial charge in [0.15, 0.2) is 0 Å². The fraction of sp³-hybridized carbons (Fsp3) is 0.917. The Morgan fingerprint density at radius 1 is 1.24 bits per heavy atom. The van der Waals surface area contributed by atoms with Crippen LogP contribution in [-0.4, -0.2) is 27.8 Å². The Labute approximate surface area is 107 Å². The van der Waals surface area contributed by atoms with Gasteiger partial charge in [0.05, 0.1) is 5.60 Å². The van der Waals surface area contributed by atoms with E-state index in [0.29, 0.717) is 18.3 Å². The molecule has 17 heavy (non-hydrogen) atoms. The Kier molecular flexibility index (Phi) is 2.96. The second-order valence-electron chi connectivity index (χ2n) is 6.36. The van der Waals surface area contributed by atoms with Crippen molar-refractivity contribution in [1.82, 2.24) is 0 Å². The normalized spacial score (nSPS) is 48.6. The lowest BCUT2D eigenvalue weighted by molar-refractivity contribution is -0.179. The van der Waals surface area contributed by atoms with Gasteiger partial charge in [-0.3, -0.25) is 4.79 Å². The number of carbonyl (C=O) groups is 1. The SMILES string of the molecule is Cl.NC(C(=O)O)C12CC3CC(CC(O)(C3)C1)C2. The molecule has 0 aromatic rings. The van der Waals surface area contributed by atoms with Crippen molar-refractivity contribution in [2.24, 2.45) is 23.0 Å². The molecule has 98 valence electrons. The maximum atomic E-state index is 11.1. The number of aliphatic carboxylic acids is 1. The predicted octanol–water partition coefficient (Wildman–Crippen LogP) is 1.15. The van der Waals surface area contributed by atoms with Crippen LogP contribution in [0.5, 0.6) is 0 Å². The molecule has 4 aliphatic rings. The summed E-state index contributed by atoms with van der Waals surface area (Å²) in [5, 5.41) is 19.6. The summed E-state index contributed by atoms with van der Waals surface area (Å²) in [6, 6.07) is -0.801. The number of hydrogen-bond donors (Lipinski definition) is 3. The molecule has 5 heteroatoms. The van der Waals surface area contributed by atoms with Crippen molar-refractivity contribution >= 4 is 18.4 Å². The maximum absolute atomic E-state index is 11.1. The lowest BCUT2D eigenvalue weighted by Crippen LogP contribution is -2.62. The first-order valence-corrected chi connectivity index (χ1v) is 6.13. The maximum Gasteiger partial charge on any atom is 0.321 e. The van der Waals surface area contributed by atoms with Gasteiger partial charge in [0.2, 0.25) is 0 Å². The summed E-state index contributed by atoms with van der Waals surface area (Å²) >= 11 is 0. The molecule has 0 radical (unpaired) electrons. The quantitative estimate of drug-likeness (QED) is 0.696. The summed E-state index contributed by atoms with van der Waals surface area (Å²) in [4.78, 5) is 11.1.